The fourth-order valence-electron chi connectivity index (χ4n) is 2.31. The number of aromatic nitrogens is 2. The molecular weight excluding hydrogens is 220 g/mol. The number of nitrogens with zero attached hydrogens (tertiary/aromatic N) is 2. The molecule has 0 amide bonds. The molecule has 2 N–H and O–H groups in total. The van der Waals surface area contributed by atoms with Gasteiger partial charge in [0, 0.05) is 30.4 Å². The van der Waals surface area contributed by atoms with Crippen LogP contribution in [0.4, 0.5) is 0 Å². The Morgan fingerprint density at radius 2 is 2.35 bits per heavy atom. The fraction of sp³-hybridized carbons (Fsp3) is 0.417. The molecule has 90 valence electrons. The number of hydrogen-bond acceptors (Lipinski definition) is 4. The van der Waals surface area contributed by atoms with E-state index in [2.05, 4.69) is 4.98 Å². The Balaban J connectivity index is 1.95. The van der Waals surface area contributed by atoms with Crippen molar-refractivity contribution in [2.45, 2.75) is 24.9 Å². The van der Waals surface area contributed by atoms with Gasteiger partial charge in [0.1, 0.15) is 12.3 Å². The van der Waals surface area contributed by atoms with Gasteiger partial charge in [-0.1, -0.05) is 0 Å². The van der Waals surface area contributed by atoms with Gasteiger partial charge in [0.25, 0.3) is 0 Å². The molecule has 0 bridgehead atoms. The summed E-state index contributed by atoms with van der Waals surface area (Å²) in [6.45, 7) is -0.154. The zero-order chi connectivity index (χ0) is 11.8. The molecular formula is C12H14N2O3. The SMILES string of the molecule is OC[C@@H]1O[C@@H](n2ccc3cnccc32)C[C@@H]1O. The van der Waals surface area contributed by atoms with E-state index in [0.717, 1.165) is 10.9 Å². The van der Waals surface area contributed by atoms with E-state index in [9.17, 15) is 5.11 Å². The van der Waals surface area contributed by atoms with Gasteiger partial charge in [0.15, 0.2) is 0 Å². The van der Waals surface area contributed by atoms with E-state index < -0.39 is 12.2 Å². The van der Waals surface area contributed by atoms with E-state index in [-0.39, 0.29) is 12.8 Å². The minimum absolute atomic E-state index is 0.154. The number of aliphatic hydroxyl groups is 2. The van der Waals surface area contributed by atoms with E-state index in [1.54, 1.807) is 12.4 Å². The van der Waals surface area contributed by atoms with Gasteiger partial charge >= 0.3 is 0 Å². The van der Waals surface area contributed by atoms with Crippen LogP contribution in [0.3, 0.4) is 0 Å². The highest BCUT2D eigenvalue weighted by molar-refractivity contribution is 5.78. The van der Waals surface area contributed by atoms with Gasteiger partial charge in [-0.15, -0.1) is 0 Å². The number of fused-ring (bicyclic) bond motifs is 1. The summed E-state index contributed by atoms with van der Waals surface area (Å²) >= 11 is 0. The van der Waals surface area contributed by atoms with Crippen LogP contribution in [-0.2, 0) is 4.74 Å². The summed E-state index contributed by atoms with van der Waals surface area (Å²) in [4.78, 5) is 4.06. The molecule has 2 aromatic heterocycles. The van der Waals surface area contributed by atoms with Crippen molar-refractivity contribution in [2.75, 3.05) is 6.61 Å². The quantitative estimate of drug-likeness (QED) is 0.801. The molecule has 0 aliphatic carbocycles. The summed E-state index contributed by atoms with van der Waals surface area (Å²) in [6, 6.07) is 3.88. The number of ether oxygens (including phenoxy) is 1. The van der Waals surface area contributed by atoms with E-state index >= 15 is 0 Å². The third-order valence-electron chi connectivity index (χ3n) is 3.22. The van der Waals surface area contributed by atoms with Crippen molar-refractivity contribution in [2.24, 2.45) is 0 Å². The smallest absolute Gasteiger partial charge is 0.137 e. The molecule has 5 heteroatoms. The fourth-order valence-corrected chi connectivity index (χ4v) is 2.31. The highest BCUT2D eigenvalue weighted by Crippen LogP contribution is 2.31. The molecule has 5 nitrogen and oxygen atoms in total. The molecule has 0 aromatic carbocycles. The standard InChI is InChI=1S/C12H14N2O3/c15-7-11-10(16)5-12(17-11)14-4-2-8-6-13-3-1-9(8)14/h1-4,6,10-12,15-16H,5,7H2/t10-,11-,12+/m0/s1. The number of rotatable bonds is 2. The van der Waals surface area contributed by atoms with E-state index in [0.29, 0.717) is 6.42 Å². The molecule has 1 saturated heterocycles. The van der Waals surface area contributed by atoms with Crippen LogP contribution >= 0.6 is 0 Å². The van der Waals surface area contributed by atoms with E-state index in [4.69, 9.17) is 9.84 Å². The van der Waals surface area contributed by atoms with Crippen LogP contribution in [0.15, 0.2) is 30.7 Å². The molecule has 17 heavy (non-hydrogen) atoms. The summed E-state index contributed by atoms with van der Waals surface area (Å²) in [5.41, 5.74) is 1.02. The molecule has 0 radical (unpaired) electrons. The van der Waals surface area contributed by atoms with Gasteiger partial charge in [-0.2, -0.15) is 0 Å². The highest BCUT2D eigenvalue weighted by Gasteiger charge is 2.34. The van der Waals surface area contributed by atoms with Crippen molar-refractivity contribution in [3.05, 3.63) is 30.7 Å². The lowest BCUT2D eigenvalue weighted by Crippen LogP contribution is -2.24. The lowest BCUT2D eigenvalue weighted by Gasteiger charge is -2.14. The van der Waals surface area contributed by atoms with Crippen molar-refractivity contribution in [1.29, 1.82) is 0 Å². The summed E-state index contributed by atoms with van der Waals surface area (Å²) in [5, 5.41) is 19.8. The Morgan fingerprint density at radius 1 is 1.47 bits per heavy atom. The Hall–Kier alpha value is -1.43. The van der Waals surface area contributed by atoms with Gasteiger partial charge in [-0.05, 0) is 12.1 Å². The molecule has 3 atom stereocenters. The first-order chi connectivity index (χ1) is 8.29. The lowest BCUT2D eigenvalue weighted by molar-refractivity contribution is -0.0428. The third-order valence-corrected chi connectivity index (χ3v) is 3.22. The van der Waals surface area contributed by atoms with Crippen molar-refractivity contribution < 1.29 is 14.9 Å². The summed E-state index contributed by atoms with van der Waals surface area (Å²) in [7, 11) is 0. The molecule has 2 aromatic rings. The zero-order valence-electron chi connectivity index (χ0n) is 9.23. The van der Waals surface area contributed by atoms with Crippen molar-refractivity contribution >= 4 is 10.9 Å². The molecule has 0 unspecified atom stereocenters. The van der Waals surface area contributed by atoms with Gasteiger partial charge in [-0.25, -0.2) is 0 Å². The second-order valence-electron chi connectivity index (χ2n) is 4.27. The largest absolute Gasteiger partial charge is 0.394 e. The zero-order valence-corrected chi connectivity index (χ0v) is 9.23. The summed E-state index contributed by atoms with van der Waals surface area (Å²) in [6.07, 6.45) is 4.63. The molecule has 3 heterocycles. The number of hydrogen-bond donors (Lipinski definition) is 2. The van der Waals surface area contributed by atoms with E-state index in [1.807, 2.05) is 22.9 Å². The lowest BCUT2D eigenvalue weighted by atomic mass is 10.2. The number of aliphatic hydroxyl groups excluding tert-OH is 2. The minimum Gasteiger partial charge on any atom is -0.394 e. The van der Waals surface area contributed by atoms with Crippen LogP contribution in [0.1, 0.15) is 12.6 Å². The molecule has 1 aliphatic heterocycles. The molecule has 0 spiro atoms. The van der Waals surface area contributed by atoms with Crippen molar-refractivity contribution in [3.8, 4) is 0 Å². The minimum atomic E-state index is -0.607. The van der Waals surface area contributed by atoms with Crippen molar-refractivity contribution in [1.82, 2.24) is 9.55 Å². The molecule has 1 aliphatic rings. The Bertz CT molecular complexity index is 525. The average molecular weight is 234 g/mol. The maximum atomic E-state index is 9.72. The predicted octanol–water partition coefficient (Wildman–Crippen LogP) is 0.677. The molecule has 3 rings (SSSR count). The van der Waals surface area contributed by atoms with Crippen LogP contribution in [0.2, 0.25) is 0 Å². The normalized spacial score (nSPS) is 28.9. The molecule has 0 saturated carbocycles. The number of pyridine rings is 1. The van der Waals surface area contributed by atoms with Crippen LogP contribution in [-0.4, -0.2) is 38.6 Å². The third kappa shape index (κ3) is 1.72. The Kier molecular flexibility index (Phi) is 2.58. The maximum Gasteiger partial charge on any atom is 0.137 e. The maximum absolute atomic E-state index is 9.72. The summed E-state index contributed by atoms with van der Waals surface area (Å²) < 4.78 is 7.59. The van der Waals surface area contributed by atoms with E-state index in [1.165, 1.54) is 0 Å². The Morgan fingerprint density at radius 3 is 3.12 bits per heavy atom. The van der Waals surface area contributed by atoms with Gasteiger partial charge in [0.2, 0.25) is 0 Å². The van der Waals surface area contributed by atoms with Crippen LogP contribution < -0.4 is 0 Å². The first-order valence-electron chi connectivity index (χ1n) is 5.64. The second kappa shape index (κ2) is 4.10. The summed E-state index contributed by atoms with van der Waals surface area (Å²) in [5.74, 6) is 0. The second-order valence-corrected chi connectivity index (χ2v) is 4.27. The van der Waals surface area contributed by atoms with Gasteiger partial charge in [-0.3, -0.25) is 4.98 Å². The average Bonchev–Trinajstić information content (AvgIpc) is 2.92. The topological polar surface area (TPSA) is 67.5 Å². The van der Waals surface area contributed by atoms with Crippen LogP contribution in [0.25, 0.3) is 10.9 Å². The molecule has 1 fully saturated rings. The van der Waals surface area contributed by atoms with Gasteiger partial charge in [0.05, 0.1) is 18.2 Å². The monoisotopic (exact) mass is 234 g/mol. The first-order valence-corrected chi connectivity index (χ1v) is 5.64. The van der Waals surface area contributed by atoms with Crippen LogP contribution in [0, 0.1) is 0 Å². The van der Waals surface area contributed by atoms with Crippen LogP contribution in [0.5, 0.6) is 0 Å². The first kappa shape index (κ1) is 10.7. The van der Waals surface area contributed by atoms with Crippen molar-refractivity contribution in [3.63, 3.8) is 0 Å². The van der Waals surface area contributed by atoms with Gasteiger partial charge < -0.3 is 19.5 Å². The Labute approximate surface area is 98.3 Å². The highest BCUT2D eigenvalue weighted by atomic mass is 16.5. The predicted molar refractivity (Wildman–Crippen MR) is 61.4 cm³/mol.